The van der Waals surface area contributed by atoms with E-state index in [4.69, 9.17) is 12.2 Å². The van der Waals surface area contributed by atoms with Gasteiger partial charge in [-0.2, -0.15) is 18.4 Å². The van der Waals surface area contributed by atoms with Crippen LogP contribution in [-0.4, -0.2) is 20.2 Å². The van der Waals surface area contributed by atoms with Crippen LogP contribution in [0.1, 0.15) is 11.1 Å². The molecule has 1 aromatic carbocycles. The second-order valence-electron chi connectivity index (χ2n) is 3.47. The van der Waals surface area contributed by atoms with Crippen molar-refractivity contribution in [2.75, 3.05) is 0 Å². The van der Waals surface area contributed by atoms with E-state index in [0.29, 0.717) is 5.56 Å². The molecule has 0 radical (unpaired) electrons. The predicted molar refractivity (Wildman–Crippen MR) is 56.3 cm³/mol. The summed E-state index contributed by atoms with van der Waals surface area (Å²) in [6, 6.07) is 3.62. The Morgan fingerprint density at radius 1 is 1.29 bits per heavy atom. The Morgan fingerprint density at radius 3 is 2.53 bits per heavy atom. The van der Waals surface area contributed by atoms with Gasteiger partial charge in [0, 0.05) is 0 Å². The average molecular weight is 260 g/mol. The first-order valence-corrected chi connectivity index (χ1v) is 4.98. The van der Waals surface area contributed by atoms with Crippen LogP contribution in [0.2, 0.25) is 0 Å². The van der Waals surface area contributed by atoms with Gasteiger partial charge >= 0.3 is 6.18 Å². The van der Waals surface area contributed by atoms with Crippen molar-refractivity contribution < 1.29 is 13.2 Å². The maximum atomic E-state index is 12.6. The summed E-state index contributed by atoms with van der Waals surface area (Å²) in [5.41, 5.74) is 0.00245. The van der Waals surface area contributed by atoms with Crippen LogP contribution in [0.5, 0.6) is 0 Å². The zero-order valence-electron chi connectivity index (χ0n) is 8.62. The molecule has 1 N–H and O–H groups in total. The van der Waals surface area contributed by atoms with Gasteiger partial charge in [0.2, 0.25) is 4.77 Å². The second kappa shape index (κ2) is 3.95. The van der Waals surface area contributed by atoms with Crippen molar-refractivity contribution in [3.8, 4) is 5.69 Å². The Labute approximate surface area is 99.1 Å². The number of nitrogens with zero attached hydrogens (tertiary/aromatic N) is 3. The lowest BCUT2D eigenvalue weighted by atomic mass is 10.1. The van der Waals surface area contributed by atoms with E-state index >= 15 is 0 Å². The van der Waals surface area contributed by atoms with Crippen molar-refractivity contribution in [1.29, 1.82) is 0 Å². The van der Waals surface area contributed by atoms with E-state index in [1.165, 1.54) is 4.68 Å². The smallest absolute Gasteiger partial charge is 0.210 e. The first-order valence-electron chi connectivity index (χ1n) is 4.57. The number of alkyl halides is 3. The van der Waals surface area contributed by atoms with Crippen molar-refractivity contribution >= 4 is 12.2 Å². The molecule has 0 saturated heterocycles. The quantitative estimate of drug-likeness (QED) is 0.802. The lowest BCUT2D eigenvalue weighted by Gasteiger charge is -2.10. The van der Waals surface area contributed by atoms with Crippen molar-refractivity contribution in [3.05, 3.63) is 34.1 Å². The molecule has 17 heavy (non-hydrogen) atoms. The minimum absolute atomic E-state index is 0.0729. The molecule has 4 nitrogen and oxygen atoms in total. The Morgan fingerprint density at radius 2 is 2.00 bits per heavy atom. The highest BCUT2D eigenvalue weighted by molar-refractivity contribution is 7.71. The molecule has 0 aliphatic rings. The summed E-state index contributed by atoms with van der Waals surface area (Å²) in [5, 5.41) is 9.34. The lowest BCUT2D eigenvalue weighted by Crippen LogP contribution is -2.07. The van der Waals surface area contributed by atoms with Gasteiger partial charge in [0.25, 0.3) is 0 Å². The molecular weight excluding hydrogens is 253 g/mol. The monoisotopic (exact) mass is 260 g/mol. The zero-order chi connectivity index (χ0) is 12.6. The second-order valence-corrected chi connectivity index (χ2v) is 3.84. The Hall–Kier alpha value is -1.70. The van der Waals surface area contributed by atoms with E-state index in [-0.39, 0.29) is 10.5 Å². The van der Waals surface area contributed by atoms with Crippen LogP contribution in [0.25, 0.3) is 5.69 Å². The molecule has 0 fully saturated rings. The first-order chi connectivity index (χ1) is 7.88. The van der Waals surface area contributed by atoms with Crippen LogP contribution < -0.4 is 0 Å². The van der Waals surface area contributed by atoms with Crippen molar-refractivity contribution in [1.82, 2.24) is 20.2 Å². The van der Waals surface area contributed by atoms with E-state index in [2.05, 4.69) is 15.5 Å². The fourth-order valence-corrected chi connectivity index (χ4v) is 1.61. The van der Waals surface area contributed by atoms with Crippen LogP contribution in [0.3, 0.4) is 0 Å². The average Bonchev–Trinajstić information content (AvgIpc) is 2.62. The van der Waals surface area contributed by atoms with Crippen LogP contribution in [0.4, 0.5) is 13.2 Å². The number of benzene rings is 1. The number of hydrogen-bond acceptors (Lipinski definition) is 3. The van der Waals surface area contributed by atoms with Crippen LogP contribution in [-0.2, 0) is 6.18 Å². The molecule has 1 heterocycles. The first kappa shape index (κ1) is 11.8. The largest absolute Gasteiger partial charge is 0.416 e. The third-order valence-electron chi connectivity index (χ3n) is 2.12. The number of nitrogens with one attached hydrogen (secondary N) is 1. The summed E-state index contributed by atoms with van der Waals surface area (Å²) in [5.74, 6) is 0. The predicted octanol–water partition coefficient (Wildman–Crippen LogP) is 2.65. The van der Waals surface area contributed by atoms with Crippen LogP contribution in [0.15, 0.2) is 18.2 Å². The molecule has 0 aliphatic carbocycles. The summed E-state index contributed by atoms with van der Waals surface area (Å²) >= 11 is 4.82. The van der Waals surface area contributed by atoms with Gasteiger partial charge in [-0.1, -0.05) is 10.3 Å². The molecule has 8 heteroatoms. The van der Waals surface area contributed by atoms with Gasteiger partial charge in [-0.15, -0.1) is 0 Å². The Bertz CT molecular complexity index is 599. The van der Waals surface area contributed by atoms with E-state index in [9.17, 15) is 13.2 Å². The summed E-state index contributed by atoms with van der Waals surface area (Å²) in [4.78, 5) is 0. The van der Waals surface area contributed by atoms with Crippen molar-refractivity contribution in [2.24, 2.45) is 0 Å². The highest BCUT2D eigenvalue weighted by Crippen LogP contribution is 2.31. The standard InChI is InChI=1S/C9H7F3N4S/c1-5-2-6(9(10,11)12)4-7(3-5)16-8(17)13-14-15-16/h2-4H,1H3,(H,13,15,17). The van der Waals surface area contributed by atoms with Gasteiger partial charge in [0.15, 0.2) is 0 Å². The SMILES string of the molecule is Cc1cc(-n2[nH]nnc2=S)cc(C(F)(F)F)c1. The number of tetrazole rings is 1. The highest BCUT2D eigenvalue weighted by atomic mass is 32.1. The zero-order valence-corrected chi connectivity index (χ0v) is 9.43. The molecule has 2 rings (SSSR count). The normalized spacial score (nSPS) is 11.8. The number of aryl methyl sites for hydroxylation is 1. The molecule has 0 bridgehead atoms. The number of H-pyrrole nitrogens is 1. The topological polar surface area (TPSA) is 46.5 Å². The molecule has 1 aromatic heterocycles. The van der Waals surface area contributed by atoms with Gasteiger partial charge in [-0.05, 0) is 42.9 Å². The summed E-state index contributed by atoms with van der Waals surface area (Å²) in [6.07, 6.45) is -4.39. The molecular formula is C9H7F3N4S. The van der Waals surface area contributed by atoms with Gasteiger partial charge in [-0.3, -0.25) is 0 Å². The molecule has 0 spiro atoms. The van der Waals surface area contributed by atoms with Gasteiger partial charge in [-0.25, -0.2) is 4.68 Å². The molecule has 0 saturated carbocycles. The molecule has 0 aliphatic heterocycles. The number of hydrogen-bond donors (Lipinski definition) is 1. The third-order valence-corrected chi connectivity index (χ3v) is 2.38. The Kier molecular flexibility index (Phi) is 2.74. The summed E-state index contributed by atoms with van der Waals surface area (Å²) in [6.45, 7) is 1.58. The molecule has 2 aromatic rings. The van der Waals surface area contributed by atoms with E-state index in [1.807, 2.05) is 0 Å². The van der Waals surface area contributed by atoms with E-state index in [1.54, 1.807) is 13.0 Å². The number of rotatable bonds is 1. The fourth-order valence-electron chi connectivity index (χ4n) is 1.42. The maximum absolute atomic E-state index is 12.6. The maximum Gasteiger partial charge on any atom is 0.416 e. The minimum Gasteiger partial charge on any atom is -0.210 e. The number of aromatic nitrogens is 4. The summed E-state index contributed by atoms with van der Waals surface area (Å²) in [7, 11) is 0. The molecule has 0 unspecified atom stereocenters. The lowest BCUT2D eigenvalue weighted by molar-refractivity contribution is -0.137. The Balaban J connectivity index is 2.61. The van der Waals surface area contributed by atoms with Crippen LogP contribution in [0, 0.1) is 11.7 Å². The van der Waals surface area contributed by atoms with Gasteiger partial charge in [0.05, 0.1) is 11.3 Å². The molecule has 0 atom stereocenters. The van der Waals surface area contributed by atoms with Gasteiger partial charge in [0.1, 0.15) is 0 Å². The van der Waals surface area contributed by atoms with Crippen molar-refractivity contribution in [2.45, 2.75) is 13.1 Å². The molecule has 0 amide bonds. The van der Waals surface area contributed by atoms with Crippen molar-refractivity contribution in [3.63, 3.8) is 0 Å². The summed E-state index contributed by atoms with van der Waals surface area (Å²) < 4.78 is 39.1. The minimum atomic E-state index is -4.39. The highest BCUT2D eigenvalue weighted by Gasteiger charge is 2.31. The number of halogens is 3. The van der Waals surface area contributed by atoms with E-state index < -0.39 is 11.7 Å². The fraction of sp³-hybridized carbons (Fsp3) is 0.222. The molecule has 90 valence electrons. The van der Waals surface area contributed by atoms with Gasteiger partial charge < -0.3 is 0 Å². The third kappa shape index (κ3) is 2.36. The number of aromatic amines is 1. The van der Waals surface area contributed by atoms with Crippen LogP contribution >= 0.6 is 12.2 Å². The van der Waals surface area contributed by atoms with E-state index in [0.717, 1.165) is 12.1 Å².